The summed E-state index contributed by atoms with van der Waals surface area (Å²) in [6, 6.07) is 9.96. The van der Waals surface area contributed by atoms with Crippen LogP contribution < -0.4 is 0 Å². The Morgan fingerprint density at radius 3 is 2.77 bits per heavy atom. The van der Waals surface area contributed by atoms with Gasteiger partial charge >= 0.3 is 0 Å². The van der Waals surface area contributed by atoms with E-state index < -0.39 is 0 Å². The third-order valence-electron chi connectivity index (χ3n) is 3.38. The molecule has 110 valence electrons. The first-order valence-electron chi connectivity index (χ1n) is 6.67. The Balaban J connectivity index is 1.69. The molecule has 1 atom stereocenters. The highest BCUT2D eigenvalue weighted by Crippen LogP contribution is 2.43. The average molecular weight is 331 g/mol. The lowest BCUT2D eigenvalue weighted by Gasteiger charge is -2.18. The minimum atomic E-state index is -0.309. The smallest absolute Gasteiger partial charge is 0.250 e. The first-order valence-corrected chi connectivity index (χ1v) is 8.43. The molecule has 7 heteroatoms. The highest BCUT2D eigenvalue weighted by Gasteiger charge is 2.30. The van der Waals surface area contributed by atoms with Crippen LogP contribution in [-0.4, -0.2) is 20.7 Å². The van der Waals surface area contributed by atoms with Crippen molar-refractivity contribution in [2.45, 2.75) is 16.8 Å². The number of thioether (sulfide) groups is 1. The zero-order valence-corrected chi connectivity index (χ0v) is 12.9. The number of rotatable bonds is 2. The topological polar surface area (TPSA) is 47.8 Å². The number of carbonyl (C=O) groups is 1. The number of hydrogen-bond acceptors (Lipinski definition) is 5. The van der Waals surface area contributed by atoms with E-state index >= 15 is 0 Å². The summed E-state index contributed by atoms with van der Waals surface area (Å²) in [6.07, 6.45) is 0.407. The second kappa shape index (κ2) is 5.33. The van der Waals surface area contributed by atoms with Gasteiger partial charge in [-0.15, -0.1) is 16.4 Å². The highest BCUT2D eigenvalue weighted by atomic mass is 32.2. The van der Waals surface area contributed by atoms with Crippen LogP contribution >= 0.6 is 23.1 Å². The predicted molar refractivity (Wildman–Crippen MR) is 83.6 cm³/mol. The average Bonchev–Trinajstić information content (AvgIpc) is 3.17. The zero-order chi connectivity index (χ0) is 15.1. The van der Waals surface area contributed by atoms with Crippen molar-refractivity contribution in [2.75, 3.05) is 0 Å². The molecule has 2 aromatic heterocycles. The van der Waals surface area contributed by atoms with Crippen molar-refractivity contribution < 1.29 is 9.18 Å². The van der Waals surface area contributed by atoms with Gasteiger partial charge in [-0.2, -0.15) is 4.68 Å². The van der Waals surface area contributed by atoms with Crippen molar-refractivity contribution in [1.29, 1.82) is 0 Å². The van der Waals surface area contributed by atoms with Gasteiger partial charge in [-0.25, -0.2) is 9.37 Å². The van der Waals surface area contributed by atoms with Crippen molar-refractivity contribution in [3.05, 3.63) is 52.5 Å². The lowest BCUT2D eigenvalue weighted by Crippen LogP contribution is -2.20. The first kappa shape index (κ1) is 13.7. The molecule has 0 N–H and O–H groups in total. The minimum absolute atomic E-state index is 0.0620. The van der Waals surface area contributed by atoms with E-state index in [0.717, 1.165) is 4.88 Å². The second-order valence-electron chi connectivity index (χ2n) is 4.86. The minimum Gasteiger partial charge on any atom is -0.272 e. The number of halogens is 1. The molecule has 0 fully saturated rings. The van der Waals surface area contributed by atoms with Gasteiger partial charge in [-0.3, -0.25) is 4.79 Å². The number of carbonyl (C=O) groups excluding carboxylic acids is 1. The summed E-state index contributed by atoms with van der Waals surface area (Å²) in [6.45, 7) is 0. The summed E-state index contributed by atoms with van der Waals surface area (Å²) in [7, 11) is 0. The van der Waals surface area contributed by atoms with Crippen LogP contribution in [0.3, 0.4) is 0 Å². The van der Waals surface area contributed by atoms with Gasteiger partial charge in [-0.1, -0.05) is 17.8 Å². The van der Waals surface area contributed by atoms with Gasteiger partial charge in [0.25, 0.3) is 5.91 Å². The summed E-state index contributed by atoms with van der Waals surface area (Å²) in [5.41, 5.74) is 0.698. The third-order valence-corrected chi connectivity index (χ3v) is 5.70. The molecule has 0 aliphatic carbocycles. The molecule has 1 aromatic carbocycles. The van der Waals surface area contributed by atoms with Gasteiger partial charge in [-0.05, 0) is 35.7 Å². The molecule has 0 amide bonds. The maximum atomic E-state index is 13.0. The van der Waals surface area contributed by atoms with E-state index in [-0.39, 0.29) is 17.0 Å². The number of aromatic nitrogens is 3. The van der Waals surface area contributed by atoms with E-state index in [1.54, 1.807) is 35.2 Å². The van der Waals surface area contributed by atoms with Gasteiger partial charge in [0.05, 0.1) is 5.25 Å². The molecule has 0 unspecified atom stereocenters. The lowest BCUT2D eigenvalue weighted by molar-refractivity contribution is 0.0868. The summed E-state index contributed by atoms with van der Waals surface area (Å²) >= 11 is 3.18. The Labute approximate surface area is 134 Å². The van der Waals surface area contributed by atoms with E-state index in [0.29, 0.717) is 23.0 Å². The van der Waals surface area contributed by atoms with Gasteiger partial charge < -0.3 is 0 Å². The standard InChI is InChI=1S/C15H10FN3OS2/c16-10-5-3-9(4-6-10)14-17-15-19(18-14)13(20)8-12(22-15)11-2-1-7-21-11/h1-7,12H,8H2/t12-/m1/s1. The van der Waals surface area contributed by atoms with Crippen molar-refractivity contribution in [3.8, 4) is 11.4 Å². The Kier molecular flexibility index (Phi) is 3.31. The van der Waals surface area contributed by atoms with Crippen molar-refractivity contribution in [1.82, 2.24) is 14.8 Å². The molecular weight excluding hydrogens is 321 g/mol. The van der Waals surface area contributed by atoms with Crippen LogP contribution in [0.2, 0.25) is 0 Å². The Morgan fingerprint density at radius 1 is 1.23 bits per heavy atom. The van der Waals surface area contributed by atoms with Crippen molar-refractivity contribution in [3.63, 3.8) is 0 Å². The molecule has 0 saturated heterocycles. The zero-order valence-electron chi connectivity index (χ0n) is 11.3. The number of nitrogens with zero attached hydrogens (tertiary/aromatic N) is 3. The third kappa shape index (κ3) is 2.36. The molecule has 0 bridgehead atoms. The molecule has 0 spiro atoms. The number of thiophene rings is 1. The van der Waals surface area contributed by atoms with E-state index in [1.807, 2.05) is 17.5 Å². The fraction of sp³-hybridized carbons (Fsp3) is 0.133. The highest BCUT2D eigenvalue weighted by molar-refractivity contribution is 7.99. The molecule has 1 aliphatic heterocycles. The molecule has 0 radical (unpaired) electrons. The van der Waals surface area contributed by atoms with Gasteiger partial charge in [0.1, 0.15) is 5.82 Å². The van der Waals surface area contributed by atoms with Gasteiger partial charge in [0.2, 0.25) is 0 Å². The molecule has 3 aromatic rings. The molecule has 0 saturated carbocycles. The maximum absolute atomic E-state index is 13.0. The number of hydrogen-bond donors (Lipinski definition) is 0. The number of fused-ring (bicyclic) bond motifs is 1. The largest absolute Gasteiger partial charge is 0.272 e. The SMILES string of the molecule is O=C1C[C@H](c2cccs2)Sc2nc(-c3ccc(F)cc3)nn21. The molecule has 4 nitrogen and oxygen atoms in total. The lowest BCUT2D eigenvalue weighted by atomic mass is 10.2. The normalized spacial score (nSPS) is 17.5. The van der Waals surface area contributed by atoms with Crippen molar-refractivity contribution >= 4 is 29.0 Å². The van der Waals surface area contributed by atoms with E-state index in [4.69, 9.17) is 0 Å². The van der Waals surface area contributed by atoms with Crippen LogP contribution in [0.25, 0.3) is 11.4 Å². The summed E-state index contributed by atoms with van der Waals surface area (Å²) < 4.78 is 14.4. The van der Waals surface area contributed by atoms with Crippen LogP contribution in [0.1, 0.15) is 21.3 Å². The Morgan fingerprint density at radius 2 is 2.05 bits per heavy atom. The summed E-state index contributed by atoms with van der Waals surface area (Å²) in [4.78, 5) is 17.9. The molecule has 3 heterocycles. The quantitative estimate of drug-likeness (QED) is 0.711. The molecule has 1 aliphatic rings. The van der Waals surface area contributed by atoms with Crippen LogP contribution in [0.4, 0.5) is 4.39 Å². The summed E-state index contributed by atoms with van der Waals surface area (Å²) in [5.74, 6) is 0.0756. The van der Waals surface area contributed by atoms with Crippen LogP contribution in [0, 0.1) is 5.82 Å². The van der Waals surface area contributed by atoms with Crippen LogP contribution in [0.5, 0.6) is 0 Å². The predicted octanol–water partition coefficient (Wildman–Crippen LogP) is 4.02. The van der Waals surface area contributed by atoms with E-state index in [1.165, 1.54) is 16.8 Å². The Bertz CT molecular complexity index is 827. The fourth-order valence-electron chi connectivity index (χ4n) is 2.30. The van der Waals surface area contributed by atoms with Gasteiger partial charge in [0, 0.05) is 16.9 Å². The van der Waals surface area contributed by atoms with E-state index in [9.17, 15) is 9.18 Å². The van der Waals surface area contributed by atoms with Gasteiger partial charge in [0.15, 0.2) is 11.0 Å². The second-order valence-corrected chi connectivity index (χ2v) is 7.01. The van der Waals surface area contributed by atoms with Crippen molar-refractivity contribution in [2.24, 2.45) is 0 Å². The first-order chi connectivity index (χ1) is 10.7. The molecule has 22 heavy (non-hydrogen) atoms. The molecule has 4 rings (SSSR count). The summed E-state index contributed by atoms with van der Waals surface area (Å²) in [5, 5.41) is 6.95. The van der Waals surface area contributed by atoms with Crippen LogP contribution in [-0.2, 0) is 0 Å². The Hall–Kier alpha value is -1.99. The maximum Gasteiger partial charge on any atom is 0.250 e. The number of benzene rings is 1. The molecular formula is C15H10FN3OS2. The fourth-order valence-corrected chi connectivity index (χ4v) is 4.38. The monoisotopic (exact) mass is 331 g/mol. The van der Waals surface area contributed by atoms with E-state index in [2.05, 4.69) is 10.1 Å². The van der Waals surface area contributed by atoms with Crippen LogP contribution in [0.15, 0.2) is 46.9 Å².